The van der Waals surface area contributed by atoms with Crippen LogP contribution in [0.1, 0.15) is 82.3 Å². The minimum Gasteiger partial charge on any atom is -0.508 e. The number of phenols is 1. The molecule has 0 amide bonds. The van der Waals surface area contributed by atoms with Crippen molar-refractivity contribution in [2.75, 3.05) is 12.8 Å². The molecule has 1 aromatic rings. The summed E-state index contributed by atoms with van der Waals surface area (Å²) in [5.74, 6) is -2.36. The van der Waals surface area contributed by atoms with Gasteiger partial charge in [-0.15, -0.1) is 0 Å². The predicted octanol–water partition coefficient (Wildman–Crippen LogP) is 7.56. The normalized spacial score (nSPS) is 32.6. The van der Waals surface area contributed by atoms with Crippen LogP contribution in [0.4, 0.5) is 22.0 Å². The Labute approximate surface area is 221 Å². The van der Waals surface area contributed by atoms with Gasteiger partial charge in [-0.1, -0.05) is 24.9 Å². The predicted molar refractivity (Wildman–Crippen MR) is 137 cm³/mol. The third-order valence-electron chi connectivity index (χ3n) is 9.76. The molecule has 3 aliphatic carbocycles. The number of benzene rings is 1. The minimum absolute atomic E-state index is 0.0510. The van der Waals surface area contributed by atoms with Gasteiger partial charge < -0.3 is 10.2 Å². The van der Waals surface area contributed by atoms with Crippen LogP contribution in [-0.4, -0.2) is 51.6 Å². The highest BCUT2D eigenvalue weighted by Crippen LogP contribution is 2.62. The Balaban J connectivity index is 1.38. The van der Waals surface area contributed by atoms with Crippen molar-refractivity contribution in [3.63, 3.8) is 0 Å². The van der Waals surface area contributed by atoms with Gasteiger partial charge in [-0.25, -0.2) is 0 Å². The number of aliphatic hydroxyl groups is 1. The lowest BCUT2D eigenvalue weighted by Gasteiger charge is -2.53. The molecule has 2 fully saturated rings. The lowest BCUT2D eigenvalue weighted by atomic mass is 9.52. The summed E-state index contributed by atoms with van der Waals surface area (Å²) in [6, 6.07) is 5.91. The summed E-state index contributed by atoms with van der Waals surface area (Å²) in [5.41, 5.74) is 2.51. The van der Waals surface area contributed by atoms with Gasteiger partial charge in [0.1, 0.15) is 5.75 Å². The fourth-order valence-corrected chi connectivity index (χ4v) is 8.36. The first-order valence-corrected chi connectivity index (χ1v) is 14.5. The molecular weight excluding hydrogens is 509 g/mol. The molecule has 3 aliphatic rings. The molecular formula is C28H40F5NO2S. The molecule has 0 aliphatic heterocycles. The SMILES string of the molecule is CC(CCC1Cc2cc(O)ccc2C2CCC3(C)C(O)CCC3C12)N(C)SCCCC(F)(F)C(F)(F)F. The first kappa shape index (κ1) is 28.9. The van der Waals surface area contributed by atoms with E-state index in [9.17, 15) is 32.2 Å². The molecule has 0 radical (unpaired) electrons. The van der Waals surface area contributed by atoms with Crippen LogP contribution in [-0.2, 0) is 6.42 Å². The average molecular weight is 550 g/mol. The minimum atomic E-state index is -5.49. The van der Waals surface area contributed by atoms with E-state index in [4.69, 9.17) is 0 Å². The van der Waals surface area contributed by atoms with Crippen LogP contribution in [0, 0.1) is 23.2 Å². The summed E-state index contributed by atoms with van der Waals surface area (Å²) in [6.07, 6.45) is -0.456. The Hall–Kier alpha value is -1.06. The molecule has 3 nitrogen and oxygen atoms in total. The van der Waals surface area contributed by atoms with Gasteiger partial charge in [0.2, 0.25) is 0 Å². The van der Waals surface area contributed by atoms with Crippen molar-refractivity contribution in [2.45, 2.75) is 102 Å². The highest BCUT2D eigenvalue weighted by atomic mass is 32.2. The number of fused-ring (bicyclic) bond motifs is 5. The maximum absolute atomic E-state index is 13.2. The number of hydrogen-bond donors (Lipinski definition) is 2. The first-order valence-electron chi connectivity index (χ1n) is 13.5. The van der Waals surface area contributed by atoms with E-state index in [1.807, 2.05) is 17.4 Å². The summed E-state index contributed by atoms with van der Waals surface area (Å²) in [5, 5.41) is 21.0. The van der Waals surface area contributed by atoms with E-state index in [1.165, 1.54) is 23.1 Å². The molecule has 7 atom stereocenters. The van der Waals surface area contributed by atoms with Crippen molar-refractivity contribution in [1.29, 1.82) is 0 Å². The summed E-state index contributed by atoms with van der Waals surface area (Å²) >= 11 is 1.32. The zero-order valence-electron chi connectivity index (χ0n) is 21.9. The van der Waals surface area contributed by atoms with Crippen molar-refractivity contribution in [3.05, 3.63) is 29.3 Å². The Morgan fingerprint density at radius 2 is 1.89 bits per heavy atom. The van der Waals surface area contributed by atoms with Crippen molar-refractivity contribution >= 4 is 11.9 Å². The van der Waals surface area contributed by atoms with Gasteiger partial charge in [-0.3, -0.25) is 4.31 Å². The highest BCUT2D eigenvalue weighted by Gasteiger charge is 2.57. The van der Waals surface area contributed by atoms with Crippen LogP contribution in [0.3, 0.4) is 0 Å². The molecule has 0 saturated heterocycles. The van der Waals surface area contributed by atoms with E-state index in [0.717, 1.165) is 44.9 Å². The number of alkyl halides is 5. The van der Waals surface area contributed by atoms with Gasteiger partial charge in [-0.2, -0.15) is 22.0 Å². The molecule has 7 unspecified atom stereocenters. The number of aliphatic hydroxyl groups excluding tert-OH is 1. The van der Waals surface area contributed by atoms with Crippen LogP contribution < -0.4 is 0 Å². The summed E-state index contributed by atoms with van der Waals surface area (Å²) in [4.78, 5) is 0. The molecule has 210 valence electrons. The van der Waals surface area contributed by atoms with E-state index in [0.29, 0.717) is 23.7 Å². The number of rotatable bonds is 9. The maximum atomic E-state index is 13.2. The number of phenolic OH excluding ortho intramolecular Hbond substituents is 1. The molecule has 1 aromatic carbocycles. The van der Waals surface area contributed by atoms with E-state index in [1.54, 1.807) is 6.07 Å². The summed E-state index contributed by atoms with van der Waals surface area (Å²) < 4.78 is 65.5. The van der Waals surface area contributed by atoms with Crippen LogP contribution in [0.2, 0.25) is 0 Å². The Morgan fingerprint density at radius 3 is 2.59 bits per heavy atom. The smallest absolute Gasteiger partial charge is 0.453 e. The summed E-state index contributed by atoms with van der Waals surface area (Å²) in [6.45, 7) is 4.33. The average Bonchev–Trinajstić information content (AvgIpc) is 3.13. The van der Waals surface area contributed by atoms with Gasteiger partial charge in [0, 0.05) is 18.2 Å². The largest absolute Gasteiger partial charge is 0.508 e. The molecule has 0 spiro atoms. The third-order valence-corrected chi connectivity index (χ3v) is 11.0. The molecule has 0 heterocycles. The number of hydrogen-bond acceptors (Lipinski definition) is 4. The first-order chi connectivity index (χ1) is 17.2. The van der Waals surface area contributed by atoms with Crippen LogP contribution in [0.15, 0.2) is 18.2 Å². The zero-order chi connectivity index (χ0) is 27.2. The molecule has 2 saturated carbocycles. The van der Waals surface area contributed by atoms with Gasteiger partial charge >= 0.3 is 12.1 Å². The third kappa shape index (κ3) is 5.79. The highest BCUT2D eigenvalue weighted by molar-refractivity contribution is 7.97. The fourth-order valence-electron chi connectivity index (χ4n) is 7.44. The van der Waals surface area contributed by atoms with E-state index >= 15 is 0 Å². The quantitative estimate of drug-likeness (QED) is 0.190. The number of nitrogens with zero attached hydrogens (tertiary/aromatic N) is 1. The van der Waals surface area contributed by atoms with Gasteiger partial charge in [0.05, 0.1) is 6.10 Å². The Morgan fingerprint density at radius 1 is 1.16 bits per heavy atom. The van der Waals surface area contributed by atoms with E-state index in [-0.39, 0.29) is 35.5 Å². The second-order valence-electron chi connectivity index (χ2n) is 11.9. The van der Waals surface area contributed by atoms with Crippen molar-refractivity contribution in [1.82, 2.24) is 4.31 Å². The molecule has 37 heavy (non-hydrogen) atoms. The van der Waals surface area contributed by atoms with Crippen LogP contribution in [0.25, 0.3) is 0 Å². The summed E-state index contributed by atoms with van der Waals surface area (Å²) in [7, 11) is 1.87. The van der Waals surface area contributed by atoms with Crippen molar-refractivity contribution < 1.29 is 32.2 Å². The molecule has 0 aromatic heterocycles. The topological polar surface area (TPSA) is 43.7 Å². The van der Waals surface area contributed by atoms with Crippen molar-refractivity contribution in [2.24, 2.45) is 23.2 Å². The van der Waals surface area contributed by atoms with Crippen LogP contribution in [0.5, 0.6) is 5.75 Å². The Bertz CT molecular complexity index is 944. The van der Waals surface area contributed by atoms with Crippen molar-refractivity contribution in [3.8, 4) is 5.75 Å². The number of aromatic hydroxyl groups is 1. The lowest BCUT2D eigenvalue weighted by molar-refractivity contribution is -0.284. The Kier molecular flexibility index (Phi) is 8.48. The molecule has 4 rings (SSSR count). The van der Waals surface area contributed by atoms with Gasteiger partial charge in [0.15, 0.2) is 0 Å². The molecule has 2 N–H and O–H groups in total. The van der Waals surface area contributed by atoms with Gasteiger partial charge in [-0.05, 0) is 118 Å². The number of halogens is 5. The second-order valence-corrected chi connectivity index (χ2v) is 13.1. The monoisotopic (exact) mass is 549 g/mol. The molecule has 9 heteroatoms. The zero-order valence-corrected chi connectivity index (χ0v) is 22.7. The molecule has 0 bridgehead atoms. The van der Waals surface area contributed by atoms with E-state index < -0.39 is 18.5 Å². The van der Waals surface area contributed by atoms with Gasteiger partial charge in [0.25, 0.3) is 0 Å². The maximum Gasteiger partial charge on any atom is 0.453 e. The standard InChI is InChI=1S/C28H40F5NO2S/c1-17(34(3)37-14-4-12-27(29,30)28(31,32)33)5-6-18-15-19-16-20(35)7-8-21(19)22-11-13-26(2)23(25(18)22)9-10-24(26)36/h7-8,16-18,22-25,35-36H,4-6,9-15H2,1-3H3. The fraction of sp³-hybridized carbons (Fsp3) is 0.786. The van der Waals surface area contributed by atoms with E-state index in [2.05, 4.69) is 19.9 Å². The lowest BCUT2D eigenvalue weighted by Crippen LogP contribution is -2.47. The second kappa shape index (κ2) is 10.8. The van der Waals surface area contributed by atoms with Crippen LogP contribution >= 0.6 is 11.9 Å².